The van der Waals surface area contributed by atoms with Crippen molar-refractivity contribution in [2.45, 2.75) is 32.4 Å². The van der Waals surface area contributed by atoms with Crippen molar-refractivity contribution in [2.75, 3.05) is 20.8 Å². The van der Waals surface area contributed by atoms with Crippen LogP contribution < -0.4 is 14.2 Å². The lowest BCUT2D eigenvalue weighted by molar-refractivity contribution is 0.158. The summed E-state index contributed by atoms with van der Waals surface area (Å²) >= 11 is 0. The number of hydrogen-bond acceptors (Lipinski definition) is 4. The normalized spacial score (nSPS) is 17.5. The predicted octanol–water partition coefficient (Wildman–Crippen LogP) is 5.46. The number of benzene rings is 3. The summed E-state index contributed by atoms with van der Waals surface area (Å²) in [5.74, 6) is 3.43. The summed E-state index contributed by atoms with van der Waals surface area (Å²) < 4.78 is 17.6. The molecular weight excluding hydrogens is 374 g/mol. The fourth-order valence-electron chi connectivity index (χ4n) is 4.86. The van der Waals surface area contributed by atoms with Gasteiger partial charge in [0.1, 0.15) is 11.5 Å². The molecule has 0 amide bonds. The van der Waals surface area contributed by atoms with Gasteiger partial charge < -0.3 is 14.2 Å². The summed E-state index contributed by atoms with van der Waals surface area (Å²) in [5, 5.41) is 0. The minimum absolute atomic E-state index is 0.369. The van der Waals surface area contributed by atoms with Crippen LogP contribution in [0, 0.1) is 6.92 Å². The molecule has 0 N–H and O–H groups in total. The van der Waals surface area contributed by atoms with Crippen molar-refractivity contribution >= 4 is 0 Å². The van der Waals surface area contributed by atoms with Crippen LogP contribution in [0.25, 0.3) is 0 Å². The van der Waals surface area contributed by atoms with Gasteiger partial charge in [-0.05, 0) is 66.3 Å². The Bertz CT molecular complexity index is 1080. The zero-order valence-electron chi connectivity index (χ0n) is 17.8. The first-order valence-electron chi connectivity index (χ1n) is 10.5. The molecule has 2 aliphatic heterocycles. The number of nitrogens with zero attached hydrogens (tertiary/aromatic N) is 1. The molecule has 2 aliphatic rings. The van der Waals surface area contributed by atoms with E-state index in [1.54, 1.807) is 14.2 Å². The Morgan fingerprint density at radius 3 is 2.47 bits per heavy atom. The van der Waals surface area contributed by atoms with E-state index in [2.05, 4.69) is 30.0 Å². The lowest BCUT2D eigenvalue weighted by Crippen LogP contribution is -2.39. The molecule has 154 valence electrons. The van der Waals surface area contributed by atoms with Crippen LogP contribution in [0.4, 0.5) is 0 Å². The number of hydrogen-bond donors (Lipinski definition) is 0. The highest BCUT2D eigenvalue weighted by atomic mass is 16.5. The van der Waals surface area contributed by atoms with E-state index in [1.807, 2.05) is 36.4 Å². The second-order valence-corrected chi connectivity index (χ2v) is 8.11. The van der Waals surface area contributed by atoms with Crippen LogP contribution in [-0.4, -0.2) is 25.7 Å². The van der Waals surface area contributed by atoms with Crippen molar-refractivity contribution in [2.24, 2.45) is 0 Å². The van der Waals surface area contributed by atoms with Gasteiger partial charge in [-0.25, -0.2) is 0 Å². The van der Waals surface area contributed by atoms with Crippen LogP contribution in [0.3, 0.4) is 0 Å². The van der Waals surface area contributed by atoms with Gasteiger partial charge in [0, 0.05) is 24.7 Å². The topological polar surface area (TPSA) is 30.9 Å². The third-order valence-corrected chi connectivity index (χ3v) is 6.40. The molecule has 4 heteroatoms. The lowest BCUT2D eigenvalue weighted by Gasteiger charge is -2.42. The second-order valence-electron chi connectivity index (χ2n) is 8.11. The molecule has 5 rings (SSSR count). The molecule has 0 bridgehead atoms. The summed E-state index contributed by atoms with van der Waals surface area (Å²) in [4.78, 5) is 2.57. The van der Waals surface area contributed by atoms with Crippen molar-refractivity contribution in [1.82, 2.24) is 4.90 Å². The highest BCUT2D eigenvalue weighted by Gasteiger charge is 2.34. The van der Waals surface area contributed by atoms with E-state index >= 15 is 0 Å². The number of rotatable bonds is 4. The third kappa shape index (κ3) is 3.21. The van der Waals surface area contributed by atoms with Gasteiger partial charge in [0.2, 0.25) is 0 Å². The molecule has 1 atom stereocenters. The van der Waals surface area contributed by atoms with E-state index in [4.69, 9.17) is 14.2 Å². The summed E-state index contributed by atoms with van der Waals surface area (Å²) in [6.07, 6.45) is 2.02. The SMILES string of the molecule is COc1cc2c(cc1C)CCN1Cc3c(ccc(OC)c3Oc3ccccc3)CC21. The largest absolute Gasteiger partial charge is 0.496 e. The smallest absolute Gasteiger partial charge is 0.174 e. The number of para-hydroxylation sites is 1. The predicted molar refractivity (Wildman–Crippen MR) is 118 cm³/mol. The molecule has 0 saturated heterocycles. The molecule has 0 spiro atoms. The van der Waals surface area contributed by atoms with Crippen LogP contribution in [-0.2, 0) is 19.4 Å². The Labute approximate surface area is 178 Å². The molecule has 0 saturated carbocycles. The van der Waals surface area contributed by atoms with Gasteiger partial charge in [-0.3, -0.25) is 4.90 Å². The minimum Gasteiger partial charge on any atom is -0.496 e. The molecule has 2 heterocycles. The van der Waals surface area contributed by atoms with Gasteiger partial charge in [-0.2, -0.15) is 0 Å². The molecule has 4 nitrogen and oxygen atoms in total. The zero-order chi connectivity index (χ0) is 20.7. The number of ether oxygens (including phenoxy) is 3. The molecule has 3 aromatic rings. The van der Waals surface area contributed by atoms with E-state index in [0.29, 0.717) is 6.04 Å². The van der Waals surface area contributed by atoms with E-state index in [-0.39, 0.29) is 0 Å². The molecule has 0 radical (unpaired) electrons. The van der Waals surface area contributed by atoms with Gasteiger partial charge in [-0.1, -0.05) is 30.3 Å². The van der Waals surface area contributed by atoms with Crippen molar-refractivity contribution in [3.05, 3.63) is 82.4 Å². The van der Waals surface area contributed by atoms with Crippen LogP contribution >= 0.6 is 0 Å². The Morgan fingerprint density at radius 1 is 0.900 bits per heavy atom. The quantitative estimate of drug-likeness (QED) is 0.581. The number of aryl methyl sites for hydroxylation is 1. The molecule has 30 heavy (non-hydrogen) atoms. The van der Waals surface area contributed by atoms with E-state index < -0.39 is 0 Å². The fraction of sp³-hybridized carbons (Fsp3) is 0.308. The first-order valence-corrected chi connectivity index (χ1v) is 10.5. The van der Waals surface area contributed by atoms with Gasteiger partial charge in [0.05, 0.1) is 14.2 Å². The van der Waals surface area contributed by atoms with Crippen molar-refractivity contribution in [1.29, 1.82) is 0 Å². The van der Waals surface area contributed by atoms with E-state index in [1.165, 1.54) is 27.8 Å². The first-order chi connectivity index (χ1) is 14.7. The Kier molecular flexibility index (Phi) is 4.87. The summed E-state index contributed by atoms with van der Waals surface area (Å²) in [6.45, 7) is 4.03. The van der Waals surface area contributed by atoms with E-state index in [9.17, 15) is 0 Å². The Morgan fingerprint density at radius 2 is 1.70 bits per heavy atom. The zero-order valence-corrected chi connectivity index (χ0v) is 17.8. The van der Waals surface area contributed by atoms with Crippen molar-refractivity contribution in [3.63, 3.8) is 0 Å². The summed E-state index contributed by atoms with van der Waals surface area (Å²) in [6, 6.07) is 19.1. The van der Waals surface area contributed by atoms with Gasteiger partial charge in [0.15, 0.2) is 11.5 Å². The highest BCUT2D eigenvalue weighted by molar-refractivity contribution is 5.55. The molecule has 0 aliphatic carbocycles. The maximum Gasteiger partial charge on any atom is 0.174 e. The van der Waals surface area contributed by atoms with Crippen LogP contribution in [0.5, 0.6) is 23.0 Å². The van der Waals surface area contributed by atoms with Gasteiger partial charge in [0.25, 0.3) is 0 Å². The van der Waals surface area contributed by atoms with E-state index in [0.717, 1.165) is 48.9 Å². The number of methoxy groups -OCH3 is 2. The lowest BCUT2D eigenvalue weighted by atomic mass is 9.83. The van der Waals surface area contributed by atoms with Crippen molar-refractivity contribution < 1.29 is 14.2 Å². The van der Waals surface area contributed by atoms with Crippen LogP contribution in [0.2, 0.25) is 0 Å². The average molecular weight is 402 g/mol. The first kappa shape index (κ1) is 19.0. The summed E-state index contributed by atoms with van der Waals surface area (Å²) in [5.41, 5.74) is 6.62. The molecule has 0 aromatic heterocycles. The molecule has 1 unspecified atom stereocenters. The molecular formula is C26H27NO3. The Balaban J connectivity index is 1.55. The molecule has 3 aromatic carbocycles. The van der Waals surface area contributed by atoms with Crippen molar-refractivity contribution in [3.8, 4) is 23.0 Å². The Hall–Kier alpha value is -2.98. The third-order valence-electron chi connectivity index (χ3n) is 6.40. The second kappa shape index (κ2) is 7.69. The van der Waals surface area contributed by atoms with Crippen LogP contribution in [0.15, 0.2) is 54.6 Å². The van der Waals surface area contributed by atoms with Crippen LogP contribution in [0.1, 0.15) is 33.9 Å². The monoisotopic (exact) mass is 401 g/mol. The standard InChI is InChI=1S/C26H27NO3/c1-17-13-19-11-12-27-16-22-18(14-23(27)21(19)15-25(17)29-3)9-10-24(28-2)26(22)30-20-7-5-4-6-8-20/h4-10,13,15,23H,11-12,14,16H2,1-3H3. The van der Waals surface area contributed by atoms with Gasteiger partial charge >= 0.3 is 0 Å². The maximum absolute atomic E-state index is 6.33. The minimum atomic E-state index is 0.369. The van der Waals surface area contributed by atoms with Gasteiger partial charge in [-0.15, -0.1) is 0 Å². The number of fused-ring (bicyclic) bond motifs is 4. The summed E-state index contributed by atoms with van der Waals surface area (Å²) in [7, 11) is 3.46. The highest BCUT2D eigenvalue weighted by Crippen LogP contribution is 2.45. The maximum atomic E-state index is 6.33. The fourth-order valence-corrected chi connectivity index (χ4v) is 4.86. The molecule has 0 fully saturated rings. The average Bonchev–Trinajstić information content (AvgIpc) is 2.78.